The maximum atomic E-state index is 12.3. The molecular formula is C20H19NO4. The molecule has 3 atom stereocenters. The first-order valence-corrected chi connectivity index (χ1v) is 8.36. The molecule has 4 rings (SSSR count). The lowest BCUT2D eigenvalue weighted by molar-refractivity contribution is -0.152. The molecule has 1 aliphatic carbocycles. The Balaban J connectivity index is 1.58. The summed E-state index contributed by atoms with van der Waals surface area (Å²) in [6, 6.07) is 6.18. The van der Waals surface area contributed by atoms with Crippen LogP contribution in [0, 0.1) is 5.92 Å². The third-order valence-corrected chi connectivity index (χ3v) is 5.04. The maximum absolute atomic E-state index is 12.3. The van der Waals surface area contributed by atoms with E-state index in [0.29, 0.717) is 11.1 Å². The van der Waals surface area contributed by atoms with Gasteiger partial charge in [0.25, 0.3) is 12.2 Å². The van der Waals surface area contributed by atoms with Crippen molar-refractivity contribution >= 4 is 11.9 Å². The molecule has 1 saturated heterocycles. The van der Waals surface area contributed by atoms with Crippen molar-refractivity contribution in [2.45, 2.75) is 32.1 Å². The Hall–Kier alpha value is -2.82. The zero-order valence-corrected chi connectivity index (χ0v) is 14.0. The molecule has 25 heavy (non-hydrogen) atoms. The van der Waals surface area contributed by atoms with Crippen molar-refractivity contribution in [3.8, 4) is 0 Å². The Labute approximate surface area is 146 Å². The van der Waals surface area contributed by atoms with Gasteiger partial charge in [-0.2, -0.15) is 0 Å². The Morgan fingerprint density at radius 2 is 2.24 bits per heavy atom. The van der Waals surface area contributed by atoms with E-state index in [1.807, 2.05) is 12.1 Å². The van der Waals surface area contributed by atoms with Crippen LogP contribution in [0.1, 0.15) is 29.7 Å². The maximum Gasteiger partial charge on any atom is 0.336 e. The van der Waals surface area contributed by atoms with E-state index in [1.165, 1.54) is 23.0 Å². The Bertz CT molecular complexity index is 836. The molecule has 1 aromatic carbocycles. The molecule has 2 heterocycles. The second-order valence-corrected chi connectivity index (χ2v) is 6.57. The Morgan fingerprint density at radius 1 is 1.40 bits per heavy atom. The average molecular weight is 337 g/mol. The number of amides is 1. The molecule has 1 aromatic rings. The second kappa shape index (κ2) is 5.92. The molecule has 3 aliphatic rings. The van der Waals surface area contributed by atoms with Crippen molar-refractivity contribution in [1.29, 1.82) is 0 Å². The molecule has 0 radical (unpaired) electrons. The summed E-state index contributed by atoms with van der Waals surface area (Å²) in [5, 5.41) is 3.05. The summed E-state index contributed by atoms with van der Waals surface area (Å²) < 4.78 is 10.6. The molecule has 5 nitrogen and oxygen atoms in total. The van der Waals surface area contributed by atoms with Crippen LogP contribution in [0.15, 0.2) is 54.3 Å². The number of hydrogen-bond donors (Lipinski definition) is 1. The molecule has 128 valence electrons. The Kier molecular flexibility index (Phi) is 3.71. The third kappa shape index (κ3) is 2.56. The molecule has 1 fully saturated rings. The monoisotopic (exact) mass is 337 g/mol. The topological polar surface area (TPSA) is 64.6 Å². The van der Waals surface area contributed by atoms with Gasteiger partial charge in [0, 0.05) is 17.6 Å². The molecule has 1 N–H and O–H groups in total. The van der Waals surface area contributed by atoms with Crippen molar-refractivity contribution in [3.05, 3.63) is 71.0 Å². The lowest BCUT2D eigenvalue weighted by Gasteiger charge is -2.11. The first-order chi connectivity index (χ1) is 12.1. The summed E-state index contributed by atoms with van der Waals surface area (Å²) in [5.41, 5.74) is 4.81. The fraction of sp³-hybridized carbons (Fsp3) is 0.300. The lowest BCUT2D eigenvalue weighted by Crippen LogP contribution is -2.19. The van der Waals surface area contributed by atoms with Crippen LogP contribution in [-0.4, -0.2) is 18.2 Å². The highest BCUT2D eigenvalue weighted by Crippen LogP contribution is 2.45. The summed E-state index contributed by atoms with van der Waals surface area (Å²) >= 11 is 0. The average Bonchev–Trinajstić information content (AvgIpc) is 3.19. The van der Waals surface area contributed by atoms with E-state index in [2.05, 4.69) is 24.0 Å². The van der Waals surface area contributed by atoms with Gasteiger partial charge in [-0.1, -0.05) is 24.3 Å². The van der Waals surface area contributed by atoms with Gasteiger partial charge in [-0.3, -0.25) is 4.79 Å². The van der Waals surface area contributed by atoms with Gasteiger partial charge in [0.1, 0.15) is 0 Å². The molecule has 0 saturated carbocycles. The van der Waals surface area contributed by atoms with Gasteiger partial charge in [0.15, 0.2) is 0 Å². The summed E-state index contributed by atoms with van der Waals surface area (Å²) in [6.07, 6.45) is 5.80. The van der Waals surface area contributed by atoms with Crippen molar-refractivity contribution in [2.75, 3.05) is 0 Å². The zero-order chi connectivity index (χ0) is 17.6. The van der Waals surface area contributed by atoms with Crippen LogP contribution < -0.4 is 5.32 Å². The van der Waals surface area contributed by atoms with Gasteiger partial charge in [0.05, 0.1) is 17.9 Å². The first kappa shape index (κ1) is 15.7. The molecular weight excluding hydrogens is 318 g/mol. The lowest BCUT2D eigenvalue weighted by atomic mass is 9.97. The molecule has 0 bridgehead atoms. The van der Waals surface area contributed by atoms with Crippen LogP contribution in [-0.2, 0) is 31.9 Å². The number of cyclic esters (lactones) is 1. The minimum Gasteiger partial charge on any atom is -0.458 e. The van der Waals surface area contributed by atoms with E-state index < -0.39 is 6.29 Å². The van der Waals surface area contributed by atoms with Crippen molar-refractivity contribution in [1.82, 2.24) is 5.32 Å². The molecule has 1 amide bonds. The number of ether oxygens (including phenoxy) is 2. The van der Waals surface area contributed by atoms with Gasteiger partial charge < -0.3 is 14.8 Å². The van der Waals surface area contributed by atoms with Gasteiger partial charge in [-0.05, 0) is 36.5 Å². The van der Waals surface area contributed by atoms with E-state index in [-0.39, 0.29) is 23.8 Å². The van der Waals surface area contributed by atoms with Crippen LogP contribution in [0.4, 0.5) is 0 Å². The van der Waals surface area contributed by atoms with Crippen LogP contribution in [0.25, 0.3) is 0 Å². The molecule has 0 aromatic heterocycles. The standard InChI is InChI=1S/C20H19NO4/c1-3-5-12-6-4-7-13-14(12)9-15-16(19(22)21-18(13)15)10-24-17-8-11(2)20(23)25-17/h3-4,6-8,10,15,17-18H,1,5,9H2,2H3,(H,21,22). The predicted octanol–water partition coefficient (Wildman–Crippen LogP) is 2.49. The van der Waals surface area contributed by atoms with Crippen molar-refractivity contribution < 1.29 is 19.1 Å². The van der Waals surface area contributed by atoms with Crippen LogP contribution in [0.2, 0.25) is 0 Å². The minimum atomic E-state index is -0.757. The van der Waals surface area contributed by atoms with Crippen LogP contribution >= 0.6 is 0 Å². The second-order valence-electron chi connectivity index (χ2n) is 6.57. The van der Waals surface area contributed by atoms with Crippen LogP contribution in [0.5, 0.6) is 0 Å². The number of benzene rings is 1. The van der Waals surface area contributed by atoms with E-state index in [0.717, 1.165) is 12.8 Å². The van der Waals surface area contributed by atoms with Crippen molar-refractivity contribution in [3.63, 3.8) is 0 Å². The van der Waals surface area contributed by atoms with Gasteiger partial charge >= 0.3 is 5.97 Å². The molecule has 0 spiro atoms. The fourth-order valence-electron chi connectivity index (χ4n) is 3.81. The van der Waals surface area contributed by atoms with E-state index in [1.54, 1.807) is 13.0 Å². The zero-order valence-electron chi connectivity index (χ0n) is 14.0. The quantitative estimate of drug-likeness (QED) is 0.397. The highest BCUT2D eigenvalue weighted by atomic mass is 16.7. The number of rotatable bonds is 4. The van der Waals surface area contributed by atoms with Crippen LogP contribution in [0.3, 0.4) is 0 Å². The number of fused-ring (bicyclic) bond motifs is 3. The van der Waals surface area contributed by atoms with Gasteiger partial charge in [-0.15, -0.1) is 6.58 Å². The molecule has 2 aliphatic heterocycles. The normalized spacial score (nSPS) is 28.3. The first-order valence-electron chi connectivity index (χ1n) is 8.36. The largest absolute Gasteiger partial charge is 0.458 e. The fourth-order valence-corrected chi connectivity index (χ4v) is 3.81. The minimum absolute atomic E-state index is 0.0227. The van der Waals surface area contributed by atoms with E-state index in [4.69, 9.17) is 9.47 Å². The summed E-state index contributed by atoms with van der Waals surface area (Å²) in [5.74, 6) is -0.477. The number of hydrogen-bond acceptors (Lipinski definition) is 4. The number of carbonyl (C=O) groups excluding carboxylic acids is 2. The Morgan fingerprint density at radius 3 is 2.96 bits per heavy atom. The number of esters is 1. The number of carbonyl (C=O) groups is 2. The predicted molar refractivity (Wildman–Crippen MR) is 91.2 cm³/mol. The van der Waals surface area contributed by atoms with Gasteiger partial charge in [-0.25, -0.2) is 4.79 Å². The van der Waals surface area contributed by atoms with E-state index in [9.17, 15) is 9.59 Å². The smallest absolute Gasteiger partial charge is 0.336 e. The van der Waals surface area contributed by atoms with E-state index >= 15 is 0 Å². The number of nitrogens with one attached hydrogen (secondary N) is 1. The summed E-state index contributed by atoms with van der Waals surface area (Å²) in [6.45, 7) is 5.49. The molecule has 5 heteroatoms. The van der Waals surface area contributed by atoms with Crippen molar-refractivity contribution in [2.24, 2.45) is 5.92 Å². The third-order valence-electron chi connectivity index (χ3n) is 5.04. The SMILES string of the molecule is C=CCc1cccc2c1CC1C(=COC3C=C(C)C(=O)O3)C(=O)NC21. The molecule has 3 unspecified atom stereocenters. The highest BCUT2D eigenvalue weighted by Gasteiger charge is 2.44. The summed E-state index contributed by atoms with van der Waals surface area (Å²) in [7, 11) is 0. The van der Waals surface area contributed by atoms with Gasteiger partial charge in [0.2, 0.25) is 0 Å². The summed E-state index contributed by atoms with van der Waals surface area (Å²) in [4.78, 5) is 23.7. The highest BCUT2D eigenvalue weighted by molar-refractivity contribution is 5.97. The number of allylic oxidation sites excluding steroid dienone is 1.